The van der Waals surface area contributed by atoms with E-state index in [9.17, 15) is 4.79 Å². The number of amides is 1. The average molecular weight is 266 g/mol. The third-order valence-electron chi connectivity index (χ3n) is 2.55. The van der Waals surface area contributed by atoms with E-state index in [-0.39, 0.29) is 10.9 Å². The fourth-order valence-corrected chi connectivity index (χ4v) is 1.76. The molecule has 1 aromatic rings. The Bertz CT molecular complexity index is 395. The fraction of sp³-hybridized carbons (Fsp3) is 0.385. The monoisotopic (exact) mass is 266 g/mol. The number of ether oxygens (including phenoxy) is 1. The number of rotatable bonds is 7. The predicted octanol–water partition coefficient (Wildman–Crippen LogP) is 0.894. The van der Waals surface area contributed by atoms with Gasteiger partial charge in [0.05, 0.1) is 17.5 Å². The van der Waals surface area contributed by atoms with Gasteiger partial charge < -0.3 is 15.8 Å². The predicted molar refractivity (Wildman–Crippen MR) is 75.3 cm³/mol. The van der Waals surface area contributed by atoms with Crippen LogP contribution in [0.4, 0.5) is 0 Å². The second-order valence-corrected chi connectivity index (χ2v) is 4.40. The van der Waals surface area contributed by atoms with Crippen LogP contribution < -0.4 is 11.1 Å². The molecule has 0 heterocycles. The van der Waals surface area contributed by atoms with Crippen molar-refractivity contribution < 1.29 is 9.53 Å². The number of methoxy groups -OCH3 is 1. The van der Waals surface area contributed by atoms with Crippen molar-refractivity contribution in [3.05, 3.63) is 35.9 Å². The largest absolute Gasteiger partial charge is 0.393 e. The number of nitrogens with two attached hydrogens (primary N) is 1. The van der Waals surface area contributed by atoms with Crippen LogP contribution in [-0.2, 0) is 16.0 Å². The van der Waals surface area contributed by atoms with Crippen molar-refractivity contribution >= 4 is 23.1 Å². The van der Waals surface area contributed by atoms with Gasteiger partial charge in [0.2, 0.25) is 5.91 Å². The summed E-state index contributed by atoms with van der Waals surface area (Å²) in [6.07, 6.45) is 0.523. The molecule has 1 atom stereocenters. The van der Waals surface area contributed by atoms with Gasteiger partial charge in [-0.1, -0.05) is 42.5 Å². The summed E-state index contributed by atoms with van der Waals surface area (Å²) in [6.45, 7) is 0.935. The van der Waals surface area contributed by atoms with E-state index in [2.05, 4.69) is 5.32 Å². The summed E-state index contributed by atoms with van der Waals surface area (Å²) in [5, 5.41) is 2.75. The number of benzene rings is 1. The van der Waals surface area contributed by atoms with Gasteiger partial charge in [0, 0.05) is 13.7 Å². The van der Waals surface area contributed by atoms with E-state index in [1.54, 1.807) is 7.11 Å². The molecule has 3 N–H and O–H groups in total. The first-order valence-electron chi connectivity index (χ1n) is 5.75. The lowest BCUT2D eigenvalue weighted by atomic mass is 9.98. The van der Waals surface area contributed by atoms with E-state index in [1.807, 2.05) is 30.3 Å². The Balaban J connectivity index is 2.60. The summed E-state index contributed by atoms with van der Waals surface area (Å²) in [5.41, 5.74) is 6.67. The Labute approximate surface area is 113 Å². The highest BCUT2D eigenvalue weighted by Crippen LogP contribution is 2.09. The first kappa shape index (κ1) is 14.6. The van der Waals surface area contributed by atoms with Crippen molar-refractivity contribution in [3.8, 4) is 0 Å². The standard InChI is InChI=1S/C13H18N2O2S/c1-17-8-7-15-13(16)11(12(14)18)9-10-5-3-2-4-6-10/h2-6,11H,7-9H2,1H3,(H2,14,18)(H,15,16). The highest BCUT2D eigenvalue weighted by atomic mass is 32.1. The topological polar surface area (TPSA) is 64.3 Å². The maximum atomic E-state index is 11.9. The Morgan fingerprint density at radius 1 is 1.44 bits per heavy atom. The first-order chi connectivity index (χ1) is 8.65. The van der Waals surface area contributed by atoms with Crippen molar-refractivity contribution in [2.45, 2.75) is 6.42 Å². The van der Waals surface area contributed by atoms with Crippen LogP contribution in [0.5, 0.6) is 0 Å². The molecular weight excluding hydrogens is 248 g/mol. The van der Waals surface area contributed by atoms with E-state index in [0.717, 1.165) is 5.56 Å². The van der Waals surface area contributed by atoms with E-state index in [4.69, 9.17) is 22.7 Å². The highest BCUT2D eigenvalue weighted by molar-refractivity contribution is 7.80. The smallest absolute Gasteiger partial charge is 0.230 e. The van der Waals surface area contributed by atoms with Gasteiger partial charge in [0.1, 0.15) is 0 Å². The lowest BCUT2D eigenvalue weighted by Gasteiger charge is -2.15. The molecule has 4 nitrogen and oxygen atoms in total. The third-order valence-corrected chi connectivity index (χ3v) is 2.83. The van der Waals surface area contributed by atoms with Crippen LogP contribution in [0.15, 0.2) is 30.3 Å². The lowest BCUT2D eigenvalue weighted by Crippen LogP contribution is -2.40. The van der Waals surface area contributed by atoms with Gasteiger partial charge in [-0.15, -0.1) is 0 Å². The molecule has 0 aromatic heterocycles. The molecule has 98 valence electrons. The minimum Gasteiger partial charge on any atom is -0.393 e. The van der Waals surface area contributed by atoms with Crippen LogP contribution >= 0.6 is 12.2 Å². The van der Waals surface area contributed by atoms with Crippen LogP contribution in [0.3, 0.4) is 0 Å². The van der Waals surface area contributed by atoms with Gasteiger partial charge in [-0.25, -0.2) is 0 Å². The molecule has 0 aliphatic heterocycles. The molecule has 18 heavy (non-hydrogen) atoms. The highest BCUT2D eigenvalue weighted by Gasteiger charge is 2.21. The maximum Gasteiger partial charge on any atom is 0.230 e. The van der Waals surface area contributed by atoms with E-state index in [0.29, 0.717) is 19.6 Å². The summed E-state index contributed by atoms with van der Waals surface area (Å²) in [7, 11) is 1.58. The number of nitrogens with one attached hydrogen (secondary N) is 1. The zero-order chi connectivity index (χ0) is 13.4. The van der Waals surface area contributed by atoms with Gasteiger partial charge >= 0.3 is 0 Å². The molecule has 0 saturated carbocycles. The van der Waals surface area contributed by atoms with Crippen molar-refractivity contribution in [1.29, 1.82) is 0 Å². The molecule has 0 radical (unpaired) electrons. The van der Waals surface area contributed by atoms with E-state index in [1.165, 1.54) is 0 Å². The first-order valence-corrected chi connectivity index (χ1v) is 6.16. The fourth-order valence-electron chi connectivity index (χ4n) is 1.57. The molecule has 0 fully saturated rings. The Morgan fingerprint density at radius 2 is 2.11 bits per heavy atom. The van der Waals surface area contributed by atoms with Crippen LogP contribution in [0.2, 0.25) is 0 Å². The SMILES string of the molecule is COCCNC(=O)C(Cc1ccccc1)C(N)=S. The normalized spacial score (nSPS) is 11.8. The Hall–Kier alpha value is -1.46. The van der Waals surface area contributed by atoms with E-state index < -0.39 is 5.92 Å². The molecule has 1 aromatic carbocycles. The Morgan fingerprint density at radius 3 is 2.67 bits per heavy atom. The minimum atomic E-state index is -0.473. The van der Waals surface area contributed by atoms with Crippen molar-refractivity contribution in [1.82, 2.24) is 5.32 Å². The van der Waals surface area contributed by atoms with Crippen LogP contribution in [0.1, 0.15) is 5.56 Å². The zero-order valence-corrected chi connectivity index (χ0v) is 11.2. The molecule has 0 spiro atoms. The van der Waals surface area contributed by atoms with Crippen molar-refractivity contribution in [2.75, 3.05) is 20.3 Å². The quantitative estimate of drug-likeness (QED) is 0.568. The van der Waals surface area contributed by atoms with Crippen LogP contribution in [-0.4, -0.2) is 31.2 Å². The van der Waals surface area contributed by atoms with Gasteiger partial charge in [0.15, 0.2) is 0 Å². The summed E-state index contributed by atoms with van der Waals surface area (Å²) in [4.78, 5) is 12.1. The van der Waals surface area contributed by atoms with Gasteiger partial charge in [-0.05, 0) is 12.0 Å². The second-order valence-electron chi connectivity index (χ2n) is 3.93. The molecule has 0 aliphatic rings. The summed E-state index contributed by atoms with van der Waals surface area (Å²) < 4.78 is 4.87. The lowest BCUT2D eigenvalue weighted by molar-refractivity contribution is -0.123. The second kappa shape index (κ2) is 7.79. The average Bonchev–Trinajstić information content (AvgIpc) is 2.37. The number of hydrogen-bond acceptors (Lipinski definition) is 3. The van der Waals surface area contributed by atoms with Crippen molar-refractivity contribution in [2.24, 2.45) is 11.7 Å². The minimum absolute atomic E-state index is 0.150. The molecular formula is C13H18N2O2S. The van der Waals surface area contributed by atoms with Crippen molar-refractivity contribution in [3.63, 3.8) is 0 Å². The van der Waals surface area contributed by atoms with Gasteiger partial charge in [-0.2, -0.15) is 0 Å². The summed E-state index contributed by atoms with van der Waals surface area (Å²) in [6, 6.07) is 9.68. The molecule has 0 bridgehead atoms. The molecule has 1 unspecified atom stereocenters. The molecule has 0 saturated heterocycles. The number of carbonyl (C=O) groups excluding carboxylic acids is 1. The molecule has 0 aliphatic carbocycles. The molecule has 5 heteroatoms. The number of carbonyl (C=O) groups is 1. The number of thiocarbonyl (C=S) groups is 1. The van der Waals surface area contributed by atoms with E-state index >= 15 is 0 Å². The zero-order valence-electron chi connectivity index (χ0n) is 10.4. The van der Waals surface area contributed by atoms with Gasteiger partial charge in [0.25, 0.3) is 0 Å². The third kappa shape index (κ3) is 4.81. The van der Waals surface area contributed by atoms with Gasteiger partial charge in [-0.3, -0.25) is 4.79 Å². The molecule has 1 rings (SSSR count). The Kier molecular flexibility index (Phi) is 6.32. The molecule has 1 amide bonds. The summed E-state index contributed by atoms with van der Waals surface area (Å²) in [5.74, 6) is -0.623. The van der Waals surface area contributed by atoms with Crippen LogP contribution in [0, 0.1) is 5.92 Å². The summed E-state index contributed by atoms with van der Waals surface area (Å²) >= 11 is 4.96. The van der Waals surface area contributed by atoms with Crippen LogP contribution in [0.25, 0.3) is 0 Å². The number of hydrogen-bond donors (Lipinski definition) is 2. The maximum absolute atomic E-state index is 11.9.